The number of hydrogen-bond donors (Lipinski definition) is 2. The van der Waals surface area contributed by atoms with Crippen molar-refractivity contribution in [2.45, 2.75) is 92.6 Å². The molecule has 6 unspecified atom stereocenters. The van der Waals surface area contributed by atoms with Crippen LogP contribution in [-0.2, 0) is 0 Å². The Hall–Kier alpha value is -1.02. The number of hydrogen-bond acceptors (Lipinski definition) is 2. The Labute approximate surface area is 184 Å². The van der Waals surface area contributed by atoms with Crippen LogP contribution in [0, 0.1) is 46.3 Å². The molecule has 0 saturated heterocycles. The second kappa shape index (κ2) is 7.84. The van der Waals surface area contributed by atoms with Crippen LogP contribution in [0.25, 0.3) is 0 Å². The van der Waals surface area contributed by atoms with Crippen molar-refractivity contribution in [3.05, 3.63) is 35.1 Å². The highest BCUT2D eigenvalue weighted by molar-refractivity contribution is 5.41. The van der Waals surface area contributed by atoms with Crippen LogP contribution in [0.4, 0.5) is 0 Å². The minimum absolute atomic E-state index is 0.137. The summed E-state index contributed by atoms with van der Waals surface area (Å²) in [7, 11) is 0. The van der Waals surface area contributed by atoms with Gasteiger partial charge in [0, 0.05) is 0 Å². The van der Waals surface area contributed by atoms with Gasteiger partial charge in [-0.05, 0) is 103 Å². The lowest BCUT2D eigenvalue weighted by Crippen LogP contribution is -2.47. The summed E-state index contributed by atoms with van der Waals surface area (Å²) in [6.45, 7) is 14.3. The minimum atomic E-state index is -0.232. The summed E-state index contributed by atoms with van der Waals surface area (Å²) in [4.78, 5) is 0. The summed E-state index contributed by atoms with van der Waals surface area (Å²) in [6, 6.07) is 0. The smallest absolute Gasteiger partial charge is 0.115 e. The molecule has 3 fully saturated rings. The molecular weight excluding hydrogens is 368 g/mol. The normalized spacial score (nSPS) is 43.3. The van der Waals surface area contributed by atoms with E-state index in [4.69, 9.17) is 0 Å². The average Bonchev–Trinajstić information content (AvgIpc) is 3.04. The molecule has 0 heterocycles. The highest BCUT2D eigenvalue weighted by Crippen LogP contribution is 2.66. The molecule has 168 valence electrons. The fourth-order valence-corrected chi connectivity index (χ4v) is 7.66. The van der Waals surface area contributed by atoms with Gasteiger partial charge in [0.05, 0.1) is 6.10 Å². The summed E-state index contributed by atoms with van der Waals surface area (Å²) < 4.78 is 0. The Kier molecular flexibility index (Phi) is 5.79. The molecule has 4 aliphatic carbocycles. The predicted octanol–water partition coefficient (Wildman–Crippen LogP) is 7.22. The molecule has 4 rings (SSSR count). The fraction of sp³-hybridized carbons (Fsp3) is 0.786. The van der Waals surface area contributed by atoms with Gasteiger partial charge in [-0.1, -0.05) is 59.3 Å². The molecule has 0 aromatic rings. The number of rotatable bonds is 4. The SMILES string of the molecule is CC(/C=C/[C@@H](C)C(C)C)C1CCC2C3=C(O)C=C4C[C@@H](O)CCC4(C)C3CCC21C. The van der Waals surface area contributed by atoms with E-state index >= 15 is 0 Å². The highest BCUT2D eigenvalue weighted by Gasteiger charge is 2.58. The van der Waals surface area contributed by atoms with Crippen LogP contribution >= 0.6 is 0 Å². The maximum atomic E-state index is 11.2. The monoisotopic (exact) mass is 412 g/mol. The zero-order valence-electron chi connectivity index (χ0n) is 20.1. The van der Waals surface area contributed by atoms with Gasteiger partial charge in [-0.25, -0.2) is 0 Å². The number of allylic oxidation sites excluding steroid dienone is 4. The van der Waals surface area contributed by atoms with E-state index in [1.54, 1.807) is 0 Å². The van der Waals surface area contributed by atoms with E-state index in [9.17, 15) is 10.2 Å². The first-order valence-corrected chi connectivity index (χ1v) is 12.6. The molecule has 0 bridgehead atoms. The lowest BCUT2D eigenvalue weighted by Gasteiger charge is -2.55. The zero-order valence-corrected chi connectivity index (χ0v) is 20.1. The summed E-state index contributed by atoms with van der Waals surface area (Å²) >= 11 is 0. The Morgan fingerprint density at radius 3 is 2.40 bits per heavy atom. The molecule has 30 heavy (non-hydrogen) atoms. The molecule has 2 nitrogen and oxygen atoms in total. The van der Waals surface area contributed by atoms with Crippen LogP contribution in [0.2, 0.25) is 0 Å². The first-order valence-electron chi connectivity index (χ1n) is 12.6. The molecular formula is C28H44O2. The van der Waals surface area contributed by atoms with Crippen molar-refractivity contribution in [3.63, 3.8) is 0 Å². The summed E-state index contributed by atoms with van der Waals surface area (Å²) in [5.74, 6) is 4.14. The molecule has 0 aliphatic heterocycles. The fourth-order valence-electron chi connectivity index (χ4n) is 7.66. The van der Waals surface area contributed by atoms with E-state index in [1.165, 1.54) is 36.8 Å². The largest absolute Gasteiger partial charge is 0.508 e. The summed E-state index contributed by atoms with van der Waals surface area (Å²) in [5, 5.41) is 21.4. The van der Waals surface area contributed by atoms with Crippen molar-refractivity contribution in [1.29, 1.82) is 0 Å². The Bertz CT molecular complexity index is 759. The van der Waals surface area contributed by atoms with Crippen LogP contribution in [0.3, 0.4) is 0 Å². The molecule has 0 aromatic carbocycles. The number of aliphatic hydroxyl groups excluding tert-OH is 2. The molecule has 4 aliphatic rings. The van der Waals surface area contributed by atoms with Crippen molar-refractivity contribution in [2.24, 2.45) is 46.3 Å². The minimum Gasteiger partial charge on any atom is -0.508 e. The molecule has 8 atom stereocenters. The third-order valence-corrected chi connectivity index (χ3v) is 10.1. The van der Waals surface area contributed by atoms with Crippen LogP contribution in [0.5, 0.6) is 0 Å². The van der Waals surface area contributed by atoms with E-state index in [2.05, 4.69) is 59.8 Å². The summed E-state index contributed by atoms with van der Waals surface area (Å²) in [6.07, 6.45) is 14.4. The molecule has 2 heteroatoms. The predicted molar refractivity (Wildman–Crippen MR) is 125 cm³/mol. The van der Waals surface area contributed by atoms with Gasteiger partial charge in [0.25, 0.3) is 0 Å². The first-order chi connectivity index (χ1) is 14.1. The standard InChI is InChI=1S/C28H44O2/c1-17(2)18(3)7-8-19(4)22-9-10-23-26-24(12-14-28(22,23)6)27(5)13-11-21(29)15-20(27)16-25(26)30/h7-8,16-19,21-24,29-30H,9-15H2,1-6H3/b8-7+/t18-,19?,21+,22?,23?,24?,27?,28?/m1/s1. The quantitative estimate of drug-likeness (QED) is 0.479. The van der Waals surface area contributed by atoms with Crippen molar-refractivity contribution in [3.8, 4) is 0 Å². The van der Waals surface area contributed by atoms with Gasteiger partial charge in [0.2, 0.25) is 0 Å². The van der Waals surface area contributed by atoms with E-state index < -0.39 is 0 Å². The second-order valence-corrected chi connectivity index (χ2v) is 12.0. The first kappa shape index (κ1) is 22.2. The van der Waals surface area contributed by atoms with Crippen LogP contribution in [-0.4, -0.2) is 16.3 Å². The third kappa shape index (κ3) is 3.42. The Balaban J connectivity index is 1.62. The molecule has 2 N–H and O–H groups in total. The van der Waals surface area contributed by atoms with Gasteiger partial charge in [0.15, 0.2) is 0 Å². The maximum absolute atomic E-state index is 11.2. The van der Waals surface area contributed by atoms with E-state index in [-0.39, 0.29) is 11.5 Å². The van der Waals surface area contributed by atoms with Gasteiger partial charge in [-0.15, -0.1) is 0 Å². The van der Waals surface area contributed by atoms with Gasteiger partial charge >= 0.3 is 0 Å². The van der Waals surface area contributed by atoms with Crippen LogP contribution in [0.15, 0.2) is 35.1 Å². The second-order valence-electron chi connectivity index (χ2n) is 12.0. The Morgan fingerprint density at radius 1 is 0.967 bits per heavy atom. The van der Waals surface area contributed by atoms with Crippen molar-refractivity contribution in [2.75, 3.05) is 0 Å². The van der Waals surface area contributed by atoms with Crippen LogP contribution in [0.1, 0.15) is 86.5 Å². The van der Waals surface area contributed by atoms with E-state index in [1.807, 2.05) is 0 Å². The van der Waals surface area contributed by atoms with E-state index in [0.29, 0.717) is 46.7 Å². The van der Waals surface area contributed by atoms with Gasteiger partial charge in [0.1, 0.15) is 5.76 Å². The lowest BCUT2D eigenvalue weighted by atomic mass is 9.49. The van der Waals surface area contributed by atoms with Crippen molar-refractivity contribution in [1.82, 2.24) is 0 Å². The lowest BCUT2D eigenvalue weighted by molar-refractivity contribution is 0.0331. The van der Waals surface area contributed by atoms with Gasteiger partial charge < -0.3 is 10.2 Å². The van der Waals surface area contributed by atoms with Gasteiger partial charge in [-0.2, -0.15) is 0 Å². The zero-order chi connectivity index (χ0) is 21.8. The summed E-state index contributed by atoms with van der Waals surface area (Å²) in [5.41, 5.74) is 3.10. The topological polar surface area (TPSA) is 40.5 Å². The van der Waals surface area contributed by atoms with Crippen molar-refractivity contribution < 1.29 is 10.2 Å². The molecule has 0 radical (unpaired) electrons. The van der Waals surface area contributed by atoms with Gasteiger partial charge in [-0.3, -0.25) is 0 Å². The molecule has 3 saturated carbocycles. The Morgan fingerprint density at radius 2 is 1.70 bits per heavy atom. The van der Waals surface area contributed by atoms with Crippen LogP contribution < -0.4 is 0 Å². The molecule has 0 aromatic heterocycles. The molecule has 0 amide bonds. The van der Waals surface area contributed by atoms with Crippen molar-refractivity contribution >= 4 is 0 Å². The number of fused-ring (bicyclic) bond motifs is 5. The highest BCUT2D eigenvalue weighted by atomic mass is 16.3. The number of aliphatic hydroxyl groups is 2. The third-order valence-electron chi connectivity index (χ3n) is 10.1. The molecule has 0 spiro atoms. The average molecular weight is 413 g/mol. The maximum Gasteiger partial charge on any atom is 0.115 e. The van der Waals surface area contributed by atoms with E-state index in [0.717, 1.165) is 19.3 Å².